The second-order valence-electron chi connectivity index (χ2n) is 8.14. The molecule has 148 valence electrons. The summed E-state index contributed by atoms with van der Waals surface area (Å²) in [5, 5.41) is 3.27. The first kappa shape index (κ1) is 19.3. The topological polar surface area (TPSA) is 66.5 Å². The summed E-state index contributed by atoms with van der Waals surface area (Å²) in [6, 6.07) is 7.39. The van der Waals surface area contributed by atoms with Crippen LogP contribution in [0.4, 0.5) is 0 Å². The third kappa shape index (κ3) is 3.91. The van der Waals surface area contributed by atoms with Crippen molar-refractivity contribution in [1.82, 2.24) is 9.62 Å². The largest absolute Gasteiger partial charge is 0.353 e. The Hall–Kier alpha value is -1.05. The average Bonchev–Trinajstić information content (AvgIpc) is 3.31. The Kier molecular flexibility index (Phi) is 5.54. The van der Waals surface area contributed by atoms with Crippen LogP contribution in [-0.2, 0) is 14.8 Å². The Bertz CT molecular complexity index is 786. The van der Waals surface area contributed by atoms with E-state index < -0.39 is 10.0 Å². The van der Waals surface area contributed by atoms with E-state index in [1.807, 2.05) is 18.4 Å². The van der Waals surface area contributed by atoms with Crippen molar-refractivity contribution >= 4 is 27.7 Å². The normalized spacial score (nSPS) is 29.1. The highest BCUT2D eigenvalue weighted by atomic mass is 32.2. The number of hydrogen-bond acceptors (Lipinski definition) is 4. The predicted octanol–water partition coefficient (Wildman–Crippen LogP) is 3.11. The number of sulfonamides is 1. The lowest BCUT2D eigenvalue weighted by Gasteiger charge is -2.32. The van der Waals surface area contributed by atoms with Gasteiger partial charge in [-0.15, -0.1) is 11.8 Å². The molecule has 4 rings (SSSR count). The summed E-state index contributed by atoms with van der Waals surface area (Å²) in [7, 11) is -3.47. The summed E-state index contributed by atoms with van der Waals surface area (Å²) in [5.41, 5.74) is 0. The van der Waals surface area contributed by atoms with Gasteiger partial charge in [0.15, 0.2) is 0 Å². The molecule has 0 spiro atoms. The molecule has 27 heavy (non-hydrogen) atoms. The summed E-state index contributed by atoms with van der Waals surface area (Å²) in [4.78, 5) is 14.0. The van der Waals surface area contributed by atoms with Gasteiger partial charge in [0, 0.05) is 29.9 Å². The highest BCUT2D eigenvalue weighted by Crippen LogP contribution is 2.44. The molecule has 2 bridgehead atoms. The molecule has 1 heterocycles. The van der Waals surface area contributed by atoms with Gasteiger partial charge in [-0.1, -0.05) is 6.42 Å². The summed E-state index contributed by atoms with van der Waals surface area (Å²) >= 11 is 1.59. The minimum absolute atomic E-state index is 0.0607. The van der Waals surface area contributed by atoms with E-state index in [1.165, 1.54) is 23.6 Å². The van der Waals surface area contributed by atoms with Crippen molar-refractivity contribution in [2.75, 3.05) is 19.3 Å². The van der Waals surface area contributed by atoms with Gasteiger partial charge in [-0.05, 0) is 74.5 Å². The van der Waals surface area contributed by atoms with Crippen LogP contribution >= 0.6 is 11.8 Å². The van der Waals surface area contributed by atoms with Gasteiger partial charge < -0.3 is 5.32 Å². The number of benzene rings is 1. The zero-order valence-corrected chi connectivity index (χ0v) is 17.4. The fraction of sp³-hybridized carbons (Fsp3) is 0.650. The van der Waals surface area contributed by atoms with E-state index in [0.717, 1.165) is 17.2 Å². The number of nitrogens with zero attached hydrogens (tertiary/aromatic N) is 1. The van der Waals surface area contributed by atoms with Gasteiger partial charge in [-0.3, -0.25) is 4.79 Å². The molecule has 0 aromatic heterocycles. The Morgan fingerprint density at radius 2 is 1.78 bits per heavy atom. The third-order valence-electron chi connectivity index (χ3n) is 6.59. The molecule has 1 aliphatic heterocycles. The van der Waals surface area contributed by atoms with Crippen molar-refractivity contribution in [3.63, 3.8) is 0 Å². The maximum atomic E-state index is 12.8. The Labute approximate surface area is 166 Å². The number of nitrogens with one attached hydrogen (secondary N) is 1. The number of thioether (sulfide) groups is 1. The molecule has 2 aliphatic carbocycles. The van der Waals surface area contributed by atoms with Gasteiger partial charge >= 0.3 is 0 Å². The molecule has 7 heteroatoms. The molecule has 1 amide bonds. The van der Waals surface area contributed by atoms with Crippen LogP contribution in [0.25, 0.3) is 0 Å². The predicted molar refractivity (Wildman–Crippen MR) is 107 cm³/mol. The van der Waals surface area contributed by atoms with Crippen LogP contribution in [0.5, 0.6) is 0 Å². The molecule has 1 saturated heterocycles. The number of piperidine rings is 1. The highest BCUT2D eigenvalue weighted by molar-refractivity contribution is 7.98. The molecular formula is C20H28N2O3S2. The van der Waals surface area contributed by atoms with E-state index in [4.69, 9.17) is 0 Å². The average molecular weight is 409 g/mol. The van der Waals surface area contributed by atoms with Crippen molar-refractivity contribution in [2.45, 2.75) is 54.4 Å². The number of hydrogen-bond donors (Lipinski definition) is 1. The quantitative estimate of drug-likeness (QED) is 0.760. The first-order valence-corrected chi connectivity index (χ1v) is 12.6. The molecule has 3 aliphatic rings. The monoisotopic (exact) mass is 408 g/mol. The van der Waals surface area contributed by atoms with E-state index in [2.05, 4.69) is 5.32 Å². The molecule has 1 N–H and O–H groups in total. The van der Waals surface area contributed by atoms with Crippen LogP contribution in [0, 0.1) is 17.8 Å². The first-order chi connectivity index (χ1) is 13.0. The van der Waals surface area contributed by atoms with Gasteiger partial charge in [0.2, 0.25) is 15.9 Å². The lowest BCUT2D eigenvalue weighted by Crippen LogP contribution is -2.46. The van der Waals surface area contributed by atoms with Crippen molar-refractivity contribution < 1.29 is 13.2 Å². The van der Waals surface area contributed by atoms with Gasteiger partial charge in [0.05, 0.1) is 4.90 Å². The number of carbonyl (C=O) groups is 1. The minimum Gasteiger partial charge on any atom is -0.353 e. The summed E-state index contributed by atoms with van der Waals surface area (Å²) < 4.78 is 27.2. The van der Waals surface area contributed by atoms with Crippen LogP contribution in [0.2, 0.25) is 0 Å². The molecular weight excluding hydrogens is 380 g/mol. The summed E-state index contributed by atoms with van der Waals surface area (Å²) in [6.45, 7) is 0.836. The van der Waals surface area contributed by atoms with E-state index in [1.54, 1.807) is 23.9 Å². The van der Waals surface area contributed by atoms with E-state index in [0.29, 0.717) is 42.8 Å². The first-order valence-electron chi connectivity index (χ1n) is 9.92. The maximum Gasteiger partial charge on any atom is 0.243 e. The summed E-state index contributed by atoms with van der Waals surface area (Å²) in [5.74, 6) is 1.55. The van der Waals surface area contributed by atoms with Crippen molar-refractivity contribution in [2.24, 2.45) is 17.8 Å². The smallest absolute Gasteiger partial charge is 0.243 e. The molecule has 0 unspecified atom stereocenters. The lowest BCUT2D eigenvalue weighted by atomic mass is 9.93. The van der Waals surface area contributed by atoms with Crippen LogP contribution < -0.4 is 5.32 Å². The van der Waals surface area contributed by atoms with Gasteiger partial charge in [0.25, 0.3) is 0 Å². The molecule has 2 saturated carbocycles. The maximum absolute atomic E-state index is 12.8. The fourth-order valence-corrected chi connectivity index (χ4v) is 6.86. The number of amides is 1. The number of carbonyl (C=O) groups excluding carboxylic acids is 1. The number of fused-ring (bicyclic) bond motifs is 2. The molecule has 3 fully saturated rings. The fourth-order valence-electron chi connectivity index (χ4n) is 4.98. The zero-order valence-electron chi connectivity index (χ0n) is 15.8. The molecule has 1 aromatic rings. The van der Waals surface area contributed by atoms with Crippen LogP contribution in [0.3, 0.4) is 0 Å². The van der Waals surface area contributed by atoms with Gasteiger partial charge in [-0.25, -0.2) is 8.42 Å². The van der Waals surface area contributed by atoms with Crippen LogP contribution in [0.15, 0.2) is 34.1 Å². The van der Waals surface area contributed by atoms with E-state index in [9.17, 15) is 13.2 Å². The third-order valence-corrected chi connectivity index (χ3v) is 9.24. The van der Waals surface area contributed by atoms with E-state index >= 15 is 0 Å². The lowest BCUT2D eigenvalue weighted by molar-refractivity contribution is -0.127. The molecule has 5 nitrogen and oxygen atoms in total. The second-order valence-corrected chi connectivity index (χ2v) is 11.0. The highest BCUT2D eigenvalue weighted by Gasteiger charge is 2.41. The van der Waals surface area contributed by atoms with Crippen LogP contribution in [0.1, 0.15) is 38.5 Å². The number of rotatable bonds is 5. The standard InChI is InChI=1S/C20H28N2O3S2/c1-26-17-4-6-18(7-5-17)27(24,25)22-10-8-15(9-11-22)20(23)21-19-13-14-2-3-16(19)12-14/h4-7,14-16,19H,2-3,8-13H2,1H3,(H,21,23)/t14-,16-,19+/m0/s1. The second kappa shape index (κ2) is 7.76. The van der Waals surface area contributed by atoms with Crippen molar-refractivity contribution in [1.29, 1.82) is 0 Å². The van der Waals surface area contributed by atoms with Crippen molar-refractivity contribution in [3.8, 4) is 0 Å². The molecule has 0 radical (unpaired) electrons. The molecule has 1 aromatic carbocycles. The van der Waals surface area contributed by atoms with E-state index in [-0.39, 0.29) is 11.8 Å². The van der Waals surface area contributed by atoms with Gasteiger partial charge in [0.1, 0.15) is 0 Å². The van der Waals surface area contributed by atoms with Crippen LogP contribution in [-0.4, -0.2) is 44.0 Å². The van der Waals surface area contributed by atoms with Crippen molar-refractivity contribution in [3.05, 3.63) is 24.3 Å². The Balaban J connectivity index is 1.33. The minimum atomic E-state index is -3.47. The summed E-state index contributed by atoms with van der Waals surface area (Å²) in [6.07, 6.45) is 8.17. The molecule has 3 atom stereocenters. The Morgan fingerprint density at radius 3 is 2.33 bits per heavy atom. The zero-order chi connectivity index (χ0) is 19.0. The SMILES string of the molecule is CSc1ccc(S(=O)(=O)N2CCC(C(=O)N[C@@H]3C[C@H]4CC[C@H]3C4)CC2)cc1. The van der Waals surface area contributed by atoms with Gasteiger partial charge in [-0.2, -0.15) is 4.31 Å². The Morgan fingerprint density at radius 1 is 1.07 bits per heavy atom.